The van der Waals surface area contributed by atoms with Crippen molar-refractivity contribution in [1.29, 1.82) is 0 Å². The minimum absolute atomic E-state index is 0.00239. The van der Waals surface area contributed by atoms with Crippen LogP contribution in [0.2, 0.25) is 0 Å². The van der Waals surface area contributed by atoms with E-state index in [1.165, 1.54) is 14.2 Å². The molecule has 1 saturated heterocycles. The molecule has 0 spiro atoms. The van der Waals surface area contributed by atoms with E-state index in [1.807, 2.05) is 75.4 Å². The monoisotopic (exact) mass is 702 g/mol. The molecule has 0 aliphatic carbocycles. The lowest BCUT2D eigenvalue weighted by molar-refractivity contribution is -0.148. The Balaban J connectivity index is 1.44. The van der Waals surface area contributed by atoms with Crippen LogP contribution in [-0.2, 0) is 29.7 Å². The van der Waals surface area contributed by atoms with Crippen LogP contribution in [0.1, 0.15) is 54.8 Å². The Morgan fingerprint density at radius 2 is 1.50 bits per heavy atom. The number of rotatable bonds is 9. The summed E-state index contributed by atoms with van der Waals surface area (Å²) in [5.41, 5.74) is 2.60. The van der Waals surface area contributed by atoms with Crippen LogP contribution in [0.5, 0.6) is 5.75 Å². The molecule has 0 bridgehead atoms. The summed E-state index contributed by atoms with van der Waals surface area (Å²) >= 11 is 0. The van der Waals surface area contributed by atoms with Crippen LogP contribution >= 0.6 is 0 Å². The van der Waals surface area contributed by atoms with Gasteiger partial charge in [0.05, 0.1) is 56.6 Å². The maximum Gasteiger partial charge on any atom is 0.323 e. The first-order chi connectivity index (χ1) is 23.7. The minimum Gasteiger partial charge on any atom is -0.492 e. The number of morpholine rings is 1. The zero-order chi connectivity index (χ0) is 36.2. The van der Waals surface area contributed by atoms with E-state index in [1.54, 1.807) is 29.2 Å². The molecule has 0 radical (unpaired) electrons. The van der Waals surface area contributed by atoms with Crippen LogP contribution < -0.4 is 20.1 Å². The molecule has 13 heteroatoms. The van der Waals surface area contributed by atoms with Gasteiger partial charge in [-0.1, -0.05) is 75.4 Å². The normalized spacial score (nSPS) is 16.4. The summed E-state index contributed by atoms with van der Waals surface area (Å²) in [7, 11) is -0.947. The largest absolute Gasteiger partial charge is 0.492 e. The number of nitrogens with one attached hydrogen (secondary N) is 3. The molecule has 1 heterocycles. The van der Waals surface area contributed by atoms with Crippen molar-refractivity contribution >= 4 is 55.8 Å². The zero-order valence-corrected chi connectivity index (χ0v) is 29.7. The number of hydrogen-bond donors (Lipinski definition) is 3. The number of methoxy groups -OCH3 is 2. The molecule has 3 amide bonds. The van der Waals surface area contributed by atoms with Gasteiger partial charge in [0.15, 0.2) is 5.75 Å². The van der Waals surface area contributed by atoms with E-state index < -0.39 is 34.2 Å². The van der Waals surface area contributed by atoms with Crippen LogP contribution in [-0.4, -0.2) is 70.9 Å². The molecular weight excluding hydrogens is 660 g/mol. The molecule has 264 valence electrons. The number of carbonyl (C=O) groups is 3. The summed E-state index contributed by atoms with van der Waals surface area (Å²) < 4.78 is 43.4. The second-order valence-electron chi connectivity index (χ2n) is 13.2. The summed E-state index contributed by atoms with van der Waals surface area (Å²) in [5.74, 6) is -0.527. The van der Waals surface area contributed by atoms with Gasteiger partial charge in [-0.25, -0.2) is 13.2 Å². The van der Waals surface area contributed by atoms with Gasteiger partial charge in [-0.2, -0.15) is 0 Å². The molecule has 2 atom stereocenters. The van der Waals surface area contributed by atoms with Crippen molar-refractivity contribution in [3.8, 4) is 5.75 Å². The first-order valence-corrected chi connectivity index (χ1v) is 17.9. The fourth-order valence-corrected chi connectivity index (χ4v) is 6.48. The highest BCUT2D eigenvalue weighted by atomic mass is 32.2. The maximum atomic E-state index is 14.2. The lowest BCUT2D eigenvalue weighted by Gasteiger charge is -2.38. The van der Waals surface area contributed by atoms with Crippen LogP contribution in [0.4, 0.5) is 21.9 Å². The Hall–Kier alpha value is -5.14. The number of benzene rings is 4. The highest BCUT2D eigenvalue weighted by molar-refractivity contribution is 7.92. The van der Waals surface area contributed by atoms with Crippen molar-refractivity contribution in [2.24, 2.45) is 0 Å². The molecule has 12 nitrogen and oxygen atoms in total. The molecular formula is C37H42N4O8S. The third-order valence-electron chi connectivity index (χ3n) is 8.35. The quantitative estimate of drug-likeness (QED) is 0.172. The predicted octanol–water partition coefficient (Wildman–Crippen LogP) is 6.31. The van der Waals surface area contributed by atoms with Gasteiger partial charge in [0.25, 0.3) is 5.91 Å². The van der Waals surface area contributed by atoms with Crippen molar-refractivity contribution in [3.63, 3.8) is 0 Å². The van der Waals surface area contributed by atoms with Gasteiger partial charge < -0.3 is 29.7 Å². The Morgan fingerprint density at radius 1 is 0.860 bits per heavy atom. The minimum atomic E-state index is -3.65. The average Bonchev–Trinajstić information content (AvgIpc) is 3.07. The molecule has 5 rings (SSSR count). The van der Waals surface area contributed by atoms with Crippen molar-refractivity contribution < 1.29 is 37.0 Å². The summed E-state index contributed by atoms with van der Waals surface area (Å²) in [6.45, 7) is 6.38. The zero-order valence-electron chi connectivity index (χ0n) is 28.9. The molecule has 1 fully saturated rings. The van der Waals surface area contributed by atoms with E-state index in [0.717, 1.165) is 17.4 Å². The fraction of sp³-hybridized carbons (Fsp3) is 0.324. The number of carbonyl (C=O) groups excluding carboxylic acids is 3. The molecule has 2 unspecified atom stereocenters. The summed E-state index contributed by atoms with van der Waals surface area (Å²) in [4.78, 5) is 41.5. The van der Waals surface area contributed by atoms with Crippen LogP contribution in [0, 0.1) is 0 Å². The predicted molar refractivity (Wildman–Crippen MR) is 193 cm³/mol. The molecule has 0 aromatic heterocycles. The van der Waals surface area contributed by atoms with Gasteiger partial charge in [0, 0.05) is 17.5 Å². The number of hydrogen-bond acceptors (Lipinski definition) is 8. The number of esters is 1. The summed E-state index contributed by atoms with van der Waals surface area (Å²) in [5, 5.41) is 6.94. The van der Waals surface area contributed by atoms with E-state index >= 15 is 0 Å². The Morgan fingerprint density at radius 3 is 2.14 bits per heavy atom. The number of amides is 3. The van der Waals surface area contributed by atoms with Gasteiger partial charge in [-0.05, 0) is 46.2 Å². The molecule has 4 aromatic rings. The highest BCUT2D eigenvalue weighted by Crippen LogP contribution is 2.39. The molecule has 3 N–H and O–H groups in total. The Kier molecular flexibility index (Phi) is 10.7. The molecule has 4 aromatic carbocycles. The molecule has 50 heavy (non-hydrogen) atoms. The summed E-state index contributed by atoms with van der Waals surface area (Å²) in [6, 6.07) is 22.9. The maximum absolute atomic E-state index is 14.2. The second-order valence-corrected chi connectivity index (χ2v) is 14.9. The third kappa shape index (κ3) is 8.52. The Labute approximate surface area is 292 Å². The van der Waals surface area contributed by atoms with E-state index in [9.17, 15) is 22.8 Å². The Bertz CT molecular complexity index is 2010. The lowest BCUT2D eigenvalue weighted by Crippen LogP contribution is -2.47. The van der Waals surface area contributed by atoms with Crippen molar-refractivity contribution in [2.75, 3.05) is 48.9 Å². The van der Waals surface area contributed by atoms with Crippen LogP contribution in [0.15, 0.2) is 78.9 Å². The standard InChI is InChI=1S/C37H42N4O8S/c1-37(2,3)24-18-30(34(48-5)31(19-24)40-50(6,45)46)39-36(44)38-29-17-16-28(26-14-10-11-15-27(26)29)35(43)41-21-25(20-33(42)47-4)49-32(22-41)23-12-8-7-9-13-23/h7-19,25,32,40H,20-22H2,1-6H3,(H2,38,39,44). The van der Waals surface area contributed by atoms with Crippen LogP contribution in [0.3, 0.4) is 0 Å². The first kappa shape index (κ1) is 36.1. The van der Waals surface area contributed by atoms with Gasteiger partial charge in [-0.15, -0.1) is 0 Å². The summed E-state index contributed by atoms with van der Waals surface area (Å²) in [6.07, 6.45) is 0.0265. The number of fused-ring (bicyclic) bond motifs is 1. The number of urea groups is 1. The third-order valence-corrected chi connectivity index (χ3v) is 8.94. The molecule has 1 aliphatic rings. The van der Waals surface area contributed by atoms with Crippen LogP contribution in [0.25, 0.3) is 10.8 Å². The second kappa shape index (κ2) is 14.8. The van der Waals surface area contributed by atoms with E-state index in [0.29, 0.717) is 22.0 Å². The first-order valence-electron chi connectivity index (χ1n) is 16.0. The van der Waals surface area contributed by atoms with Crippen molar-refractivity contribution in [3.05, 3.63) is 95.6 Å². The molecule has 1 aliphatic heterocycles. The van der Waals surface area contributed by atoms with Crippen molar-refractivity contribution in [2.45, 2.75) is 44.8 Å². The molecule has 0 saturated carbocycles. The van der Waals surface area contributed by atoms with Gasteiger partial charge in [0.2, 0.25) is 10.0 Å². The number of nitrogens with zero attached hydrogens (tertiary/aromatic N) is 1. The topological polar surface area (TPSA) is 152 Å². The number of sulfonamides is 1. The lowest BCUT2D eigenvalue weighted by atomic mass is 9.86. The SMILES string of the molecule is COC(=O)CC1CN(C(=O)c2ccc(NC(=O)Nc3cc(C(C)(C)C)cc(NS(C)(=O)=O)c3OC)c3ccccc23)CC(c2ccccc2)O1. The average molecular weight is 703 g/mol. The van der Waals surface area contributed by atoms with E-state index in [2.05, 4.69) is 15.4 Å². The van der Waals surface area contributed by atoms with E-state index in [4.69, 9.17) is 14.2 Å². The smallest absolute Gasteiger partial charge is 0.323 e. The van der Waals surface area contributed by atoms with Gasteiger partial charge in [0.1, 0.15) is 6.10 Å². The van der Waals surface area contributed by atoms with E-state index in [-0.39, 0.29) is 48.0 Å². The number of anilines is 3. The van der Waals surface area contributed by atoms with Gasteiger partial charge >= 0.3 is 12.0 Å². The number of ether oxygens (including phenoxy) is 3. The highest BCUT2D eigenvalue weighted by Gasteiger charge is 2.34. The van der Waals surface area contributed by atoms with Crippen molar-refractivity contribution in [1.82, 2.24) is 4.90 Å². The fourth-order valence-electron chi connectivity index (χ4n) is 5.93. The van der Waals surface area contributed by atoms with Gasteiger partial charge in [-0.3, -0.25) is 14.3 Å².